The minimum Gasteiger partial charge on any atom is -0.495 e. The highest BCUT2D eigenvalue weighted by atomic mass is 16.5. The topological polar surface area (TPSA) is 68.3 Å². The van der Waals surface area contributed by atoms with Crippen molar-refractivity contribution in [3.05, 3.63) is 48.0 Å². The van der Waals surface area contributed by atoms with Crippen molar-refractivity contribution < 1.29 is 23.8 Å². The zero-order chi connectivity index (χ0) is 21.7. The Morgan fingerprint density at radius 2 is 1.73 bits per heavy atom. The molecule has 2 aromatic carbocycles. The number of amides is 2. The molecule has 30 heavy (non-hydrogen) atoms. The number of anilines is 1. The van der Waals surface area contributed by atoms with Gasteiger partial charge < -0.3 is 24.0 Å². The number of para-hydroxylation sites is 2. The molecule has 1 aliphatic rings. The molecule has 7 nitrogen and oxygen atoms in total. The van der Waals surface area contributed by atoms with Gasteiger partial charge in [0.05, 0.1) is 32.9 Å². The summed E-state index contributed by atoms with van der Waals surface area (Å²) in [5, 5.41) is 0. The van der Waals surface area contributed by atoms with Gasteiger partial charge in [-0.05, 0) is 36.8 Å². The molecule has 1 heterocycles. The van der Waals surface area contributed by atoms with Gasteiger partial charge in [-0.15, -0.1) is 0 Å². The normalized spacial score (nSPS) is 15.8. The summed E-state index contributed by atoms with van der Waals surface area (Å²) in [6, 6.07) is 13.0. The maximum Gasteiger partial charge on any atom is 0.228 e. The number of carbonyl (C=O) groups is 2. The van der Waals surface area contributed by atoms with E-state index in [0.29, 0.717) is 42.6 Å². The van der Waals surface area contributed by atoms with E-state index in [1.54, 1.807) is 31.1 Å². The van der Waals surface area contributed by atoms with E-state index in [9.17, 15) is 9.59 Å². The van der Waals surface area contributed by atoms with Gasteiger partial charge in [-0.2, -0.15) is 0 Å². The molecule has 1 aliphatic heterocycles. The third-order valence-electron chi connectivity index (χ3n) is 5.37. The lowest BCUT2D eigenvalue weighted by Crippen LogP contribution is -2.37. The number of hydrogen-bond acceptors (Lipinski definition) is 5. The summed E-state index contributed by atoms with van der Waals surface area (Å²) in [5.41, 5.74) is 1.64. The highest BCUT2D eigenvalue weighted by Gasteiger charge is 2.37. The fraction of sp³-hybridized carbons (Fsp3) is 0.391. The van der Waals surface area contributed by atoms with E-state index in [-0.39, 0.29) is 24.2 Å². The van der Waals surface area contributed by atoms with E-state index in [1.165, 1.54) is 0 Å². The van der Waals surface area contributed by atoms with Gasteiger partial charge >= 0.3 is 0 Å². The zero-order valence-electron chi connectivity index (χ0n) is 17.9. The van der Waals surface area contributed by atoms with Crippen LogP contribution in [0.2, 0.25) is 0 Å². The van der Waals surface area contributed by atoms with E-state index in [1.807, 2.05) is 49.4 Å². The van der Waals surface area contributed by atoms with Crippen molar-refractivity contribution in [1.82, 2.24) is 4.90 Å². The SMILES string of the molecule is CCN(Cc1ccc(OC)c(OC)c1)C(=O)C1CC(=O)N(c2ccccc2OC)C1. The van der Waals surface area contributed by atoms with Crippen LogP contribution in [0, 0.1) is 5.92 Å². The first-order valence-corrected chi connectivity index (χ1v) is 9.95. The molecule has 1 saturated heterocycles. The maximum atomic E-state index is 13.2. The molecule has 1 atom stereocenters. The number of nitrogens with zero attached hydrogens (tertiary/aromatic N) is 2. The van der Waals surface area contributed by atoms with E-state index >= 15 is 0 Å². The van der Waals surface area contributed by atoms with Crippen molar-refractivity contribution in [2.24, 2.45) is 5.92 Å². The second-order valence-corrected chi connectivity index (χ2v) is 7.12. The lowest BCUT2D eigenvalue weighted by atomic mass is 10.1. The Hall–Kier alpha value is -3.22. The maximum absolute atomic E-state index is 13.2. The van der Waals surface area contributed by atoms with Crippen LogP contribution in [0.3, 0.4) is 0 Å². The number of rotatable bonds is 8. The molecule has 0 radical (unpaired) electrons. The second kappa shape index (κ2) is 9.52. The third-order valence-corrected chi connectivity index (χ3v) is 5.37. The van der Waals surface area contributed by atoms with Gasteiger partial charge in [0.15, 0.2) is 11.5 Å². The predicted molar refractivity (Wildman–Crippen MR) is 114 cm³/mol. The van der Waals surface area contributed by atoms with Crippen LogP contribution in [0.15, 0.2) is 42.5 Å². The quantitative estimate of drug-likeness (QED) is 0.666. The molecule has 0 aliphatic carbocycles. The Bertz CT molecular complexity index is 914. The number of ether oxygens (including phenoxy) is 3. The first kappa shape index (κ1) is 21.5. The Balaban J connectivity index is 1.74. The summed E-state index contributed by atoms with van der Waals surface area (Å²) in [6.07, 6.45) is 0.194. The smallest absolute Gasteiger partial charge is 0.228 e. The summed E-state index contributed by atoms with van der Waals surface area (Å²) in [4.78, 5) is 29.3. The van der Waals surface area contributed by atoms with Crippen LogP contribution in [-0.4, -0.2) is 51.1 Å². The molecule has 7 heteroatoms. The molecule has 2 amide bonds. The van der Waals surface area contributed by atoms with Crippen molar-refractivity contribution in [3.8, 4) is 17.2 Å². The largest absolute Gasteiger partial charge is 0.495 e. The summed E-state index contributed by atoms with van der Waals surface area (Å²) < 4.78 is 16.0. The van der Waals surface area contributed by atoms with Crippen LogP contribution in [-0.2, 0) is 16.1 Å². The average Bonchev–Trinajstić information content (AvgIpc) is 3.18. The summed E-state index contributed by atoms with van der Waals surface area (Å²) in [7, 11) is 4.74. The minimum atomic E-state index is -0.387. The molecule has 160 valence electrons. The lowest BCUT2D eigenvalue weighted by Gasteiger charge is -2.25. The highest BCUT2D eigenvalue weighted by Crippen LogP contribution is 2.34. The Kier molecular flexibility index (Phi) is 6.82. The van der Waals surface area contributed by atoms with Crippen molar-refractivity contribution in [1.29, 1.82) is 0 Å². The van der Waals surface area contributed by atoms with E-state index in [2.05, 4.69) is 0 Å². The van der Waals surface area contributed by atoms with Gasteiger partial charge in [0, 0.05) is 26.1 Å². The average molecular weight is 412 g/mol. The predicted octanol–water partition coefficient (Wildman–Crippen LogP) is 3.11. The van der Waals surface area contributed by atoms with Crippen LogP contribution in [0.5, 0.6) is 17.2 Å². The summed E-state index contributed by atoms with van der Waals surface area (Å²) in [6.45, 7) is 3.27. The lowest BCUT2D eigenvalue weighted by molar-refractivity contribution is -0.136. The third kappa shape index (κ3) is 4.35. The Morgan fingerprint density at radius 1 is 1.03 bits per heavy atom. The zero-order valence-corrected chi connectivity index (χ0v) is 17.9. The monoisotopic (exact) mass is 412 g/mol. The number of benzene rings is 2. The van der Waals surface area contributed by atoms with Gasteiger partial charge in [-0.1, -0.05) is 18.2 Å². The van der Waals surface area contributed by atoms with Gasteiger partial charge in [-0.25, -0.2) is 0 Å². The van der Waals surface area contributed by atoms with Crippen molar-refractivity contribution >= 4 is 17.5 Å². The summed E-state index contributed by atoms with van der Waals surface area (Å²) >= 11 is 0. The number of carbonyl (C=O) groups excluding carboxylic acids is 2. The van der Waals surface area contributed by atoms with Crippen LogP contribution >= 0.6 is 0 Å². The van der Waals surface area contributed by atoms with Gasteiger partial charge in [-0.3, -0.25) is 9.59 Å². The molecule has 1 unspecified atom stereocenters. The fourth-order valence-corrected chi connectivity index (χ4v) is 3.76. The Labute approximate surface area is 177 Å². The molecule has 1 fully saturated rings. The molecule has 0 N–H and O–H groups in total. The van der Waals surface area contributed by atoms with Crippen molar-refractivity contribution in [2.45, 2.75) is 19.9 Å². The minimum absolute atomic E-state index is 0.0296. The molecule has 0 bridgehead atoms. The number of hydrogen-bond donors (Lipinski definition) is 0. The van der Waals surface area contributed by atoms with Gasteiger partial charge in [0.1, 0.15) is 5.75 Å². The second-order valence-electron chi connectivity index (χ2n) is 7.12. The molecule has 0 aromatic heterocycles. The first-order valence-electron chi connectivity index (χ1n) is 9.95. The molecule has 0 saturated carbocycles. The van der Waals surface area contributed by atoms with Crippen molar-refractivity contribution in [3.63, 3.8) is 0 Å². The fourth-order valence-electron chi connectivity index (χ4n) is 3.76. The molecule has 0 spiro atoms. The van der Waals surface area contributed by atoms with Crippen LogP contribution in [0.4, 0.5) is 5.69 Å². The van der Waals surface area contributed by atoms with Gasteiger partial charge in [0.2, 0.25) is 11.8 Å². The standard InChI is InChI=1S/C23H28N2O5/c1-5-24(14-16-10-11-20(29-3)21(12-16)30-4)23(27)17-13-22(26)25(15-17)18-8-6-7-9-19(18)28-2/h6-12,17H,5,13-15H2,1-4H3. The van der Waals surface area contributed by atoms with Gasteiger partial charge in [0.25, 0.3) is 0 Å². The highest BCUT2D eigenvalue weighted by molar-refractivity contribution is 6.01. The number of methoxy groups -OCH3 is 3. The van der Waals surface area contributed by atoms with Crippen LogP contribution < -0.4 is 19.1 Å². The summed E-state index contributed by atoms with van der Waals surface area (Å²) in [5.74, 6) is 1.40. The van der Waals surface area contributed by atoms with E-state index < -0.39 is 0 Å². The van der Waals surface area contributed by atoms with Crippen molar-refractivity contribution in [2.75, 3.05) is 39.3 Å². The van der Waals surface area contributed by atoms with Crippen LogP contribution in [0.1, 0.15) is 18.9 Å². The molecular formula is C23H28N2O5. The van der Waals surface area contributed by atoms with Crippen LogP contribution in [0.25, 0.3) is 0 Å². The van der Waals surface area contributed by atoms with E-state index in [4.69, 9.17) is 14.2 Å². The first-order chi connectivity index (χ1) is 14.5. The Morgan fingerprint density at radius 3 is 2.40 bits per heavy atom. The molecule has 2 aromatic rings. The van der Waals surface area contributed by atoms with E-state index in [0.717, 1.165) is 5.56 Å². The molecule has 3 rings (SSSR count). The molecular weight excluding hydrogens is 384 g/mol.